The second-order valence-corrected chi connectivity index (χ2v) is 17.6. The molecule has 2 heterocycles. The molecule has 0 saturated heterocycles. The summed E-state index contributed by atoms with van der Waals surface area (Å²) < 4.78 is 49.3. The van der Waals surface area contributed by atoms with Crippen molar-refractivity contribution in [3.8, 4) is 73.1 Å². The normalized spacial score (nSPS) is 11.8. The molecule has 0 bridgehead atoms. The van der Waals surface area contributed by atoms with Gasteiger partial charge < -0.3 is 9.13 Å². The molecular formula is C63H40F3N3. The van der Waals surface area contributed by atoms with Gasteiger partial charge in [-0.15, -0.1) is 0 Å². The van der Waals surface area contributed by atoms with Crippen LogP contribution in [0.15, 0.2) is 224 Å². The molecule has 0 unspecified atom stereocenters. The van der Waals surface area contributed by atoms with Gasteiger partial charge in [-0.3, -0.25) is 0 Å². The van der Waals surface area contributed by atoms with E-state index in [-0.39, 0.29) is 0 Å². The molecule has 0 aliphatic heterocycles. The van der Waals surface area contributed by atoms with Crippen LogP contribution in [0.1, 0.15) is 16.7 Å². The van der Waals surface area contributed by atoms with Crippen LogP contribution >= 0.6 is 0 Å². The third kappa shape index (κ3) is 7.24. The molecule has 12 aromatic rings. The summed E-state index contributed by atoms with van der Waals surface area (Å²) in [6.07, 6.45) is -4.61. The number of nitriles is 1. The lowest BCUT2D eigenvalue weighted by Crippen LogP contribution is -2.08. The van der Waals surface area contributed by atoms with Gasteiger partial charge in [-0.25, -0.2) is 0 Å². The van der Waals surface area contributed by atoms with Crippen molar-refractivity contribution in [1.29, 1.82) is 5.26 Å². The van der Waals surface area contributed by atoms with Crippen LogP contribution in [0.4, 0.5) is 13.2 Å². The quantitative estimate of drug-likeness (QED) is 0.157. The summed E-state index contributed by atoms with van der Waals surface area (Å²) in [4.78, 5) is 0. The Balaban J connectivity index is 1.22. The number of aryl methyl sites for hydroxylation is 1. The number of hydrogen-bond donors (Lipinski definition) is 0. The summed E-state index contributed by atoms with van der Waals surface area (Å²) >= 11 is 0. The van der Waals surface area contributed by atoms with Crippen LogP contribution in [0.2, 0.25) is 0 Å². The molecule has 12 rings (SSSR count). The fourth-order valence-corrected chi connectivity index (χ4v) is 10.2. The summed E-state index contributed by atoms with van der Waals surface area (Å²) in [7, 11) is 0. The molecule has 69 heavy (non-hydrogen) atoms. The van der Waals surface area contributed by atoms with E-state index in [1.165, 1.54) is 12.1 Å². The summed E-state index contributed by atoms with van der Waals surface area (Å²) in [5.74, 6) is 0. The lowest BCUT2D eigenvalue weighted by molar-refractivity contribution is -0.137. The maximum atomic E-state index is 15.0. The first kappa shape index (κ1) is 41.5. The van der Waals surface area contributed by atoms with E-state index in [1.54, 1.807) is 6.92 Å². The number of fused-ring (bicyclic) bond motifs is 6. The first-order valence-electron chi connectivity index (χ1n) is 22.9. The van der Waals surface area contributed by atoms with Crippen molar-refractivity contribution >= 4 is 43.6 Å². The number of alkyl halides is 3. The van der Waals surface area contributed by atoms with Crippen molar-refractivity contribution in [3.05, 3.63) is 241 Å². The Morgan fingerprint density at radius 3 is 1.00 bits per heavy atom. The van der Waals surface area contributed by atoms with Gasteiger partial charge >= 0.3 is 6.18 Å². The summed E-state index contributed by atoms with van der Waals surface area (Å²) in [5, 5.41) is 14.9. The standard InChI is InChI=1S/C63H40F3N3/c1-40-30-50(34-51(31-40)63(64,65)66)62-60(68-56-26-22-46(42-14-6-2-7-15-42)35-52(56)53-36-47(23-27-57(53)68)43-16-8-3-9-17-43)32-41(39-67)33-61(62)69-58-28-24-48(44-18-10-4-11-19-44)37-54(58)55-38-49(25-29-59(55)69)45-20-12-5-13-21-45/h2-38H,1H3. The van der Waals surface area contributed by atoms with Gasteiger partial charge in [-0.2, -0.15) is 18.4 Å². The zero-order chi connectivity index (χ0) is 46.8. The minimum Gasteiger partial charge on any atom is -0.308 e. The molecule has 0 spiro atoms. The van der Waals surface area contributed by atoms with E-state index in [9.17, 15) is 5.26 Å². The van der Waals surface area contributed by atoms with E-state index in [4.69, 9.17) is 0 Å². The fourth-order valence-electron chi connectivity index (χ4n) is 10.2. The highest BCUT2D eigenvalue weighted by Gasteiger charge is 2.32. The van der Waals surface area contributed by atoms with Crippen molar-refractivity contribution in [2.75, 3.05) is 0 Å². The van der Waals surface area contributed by atoms with E-state index < -0.39 is 11.7 Å². The Morgan fingerprint density at radius 1 is 0.362 bits per heavy atom. The molecule has 0 radical (unpaired) electrons. The minimum atomic E-state index is -4.61. The van der Waals surface area contributed by atoms with Crippen molar-refractivity contribution < 1.29 is 13.2 Å². The first-order chi connectivity index (χ1) is 33.7. The van der Waals surface area contributed by atoms with E-state index in [0.717, 1.165) is 88.1 Å². The largest absolute Gasteiger partial charge is 0.416 e. The second kappa shape index (κ2) is 16.4. The van der Waals surface area contributed by atoms with Crippen molar-refractivity contribution in [1.82, 2.24) is 9.13 Å². The van der Waals surface area contributed by atoms with Crippen molar-refractivity contribution in [2.24, 2.45) is 0 Å². The summed E-state index contributed by atoms with van der Waals surface area (Å²) in [6, 6.07) is 76.8. The highest BCUT2D eigenvalue weighted by atomic mass is 19.4. The molecule has 0 saturated carbocycles. The van der Waals surface area contributed by atoms with Gasteiger partial charge in [0.25, 0.3) is 0 Å². The van der Waals surface area contributed by atoms with E-state index >= 15 is 13.2 Å². The van der Waals surface area contributed by atoms with Crippen LogP contribution in [0, 0.1) is 18.3 Å². The van der Waals surface area contributed by atoms with Gasteiger partial charge in [0.05, 0.1) is 50.6 Å². The van der Waals surface area contributed by atoms with Crippen LogP contribution in [-0.2, 0) is 6.18 Å². The predicted octanol–water partition coefficient (Wildman–Crippen LogP) is 17.4. The van der Waals surface area contributed by atoms with E-state index in [1.807, 2.05) is 91.0 Å². The Hall–Kier alpha value is -8.92. The van der Waals surface area contributed by atoms with Crippen molar-refractivity contribution in [2.45, 2.75) is 13.1 Å². The zero-order valence-electron chi connectivity index (χ0n) is 37.3. The number of aromatic nitrogens is 2. The Labute approximate surface area is 396 Å². The van der Waals surface area contributed by atoms with Gasteiger partial charge in [0, 0.05) is 27.1 Å². The van der Waals surface area contributed by atoms with Gasteiger partial charge in [-0.05, 0) is 135 Å². The topological polar surface area (TPSA) is 33.6 Å². The summed E-state index contributed by atoms with van der Waals surface area (Å²) in [6.45, 7) is 1.70. The maximum Gasteiger partial charge on any atom is 0.416 e. The Kier molecular flexibility index (Phi) is 9.89. The Bertz CT molecular complexity index is 3580. The van der Waals surface area contributed by atoms with Crippen LogP contribution < -0.4 is 0 Å². The minimum absolute atomic E-state index is 0.362. The average Bonchev–Trinajstić information content (AvgIpc) is 3.90. The lowest BCUT2D eigenvalue weighted by atomic mass is 9.95. The smallest absolute Gasteiger partial charge is 0.308 e. The molecule has 0 atom stereocenters. The molecule has 328 valence electrons. The number of nitrogens with zero attached hydrogens (tertiary/aromatic N) is 3. The highest BCUT2D eigenvalue weighted by molar-refractivity contribution is 6.14. The third-order valence-electron chi connectivity index (χ3n) is 13.4. The molecule has 0 amide bonds. The number of hydrogen-bond acceptors (Lipinski definition) is 1. The molecule has 2 aromatic heterocycles. The van der Waals surface area contributed by atoms with Gasteiger partial charge in [-0.1, -0.05) is 152 Å². The number of rotatable bonds is 7. The maximum absolute atomic E-state index is 15.0. The molecular weight excluding hydrogens is 856 g/mol. The highest BCUT2D eigenvalue weighted by Crippen LogP contribution is 2.46. The average molecular weight is 896 g/mol. The first-order valence-corrected chi connectivity index (χ1v) is 22.9. The Morgan fingerprint density at radius 2 is 0.696 bits per heavy atom. The monoisotopic (exact) mass is 895 g/mol. The van der Waals surface area contributed by atoms with Crippen LogP contribution in [0.25, 0.3) is 111 Å². The van der Waals surface area contributed by atoms with E-state index in [0.29, 0.717) is 33.6 Å². The van der Waals surface area contributed by atoms with Gasteiger partial charge in [0.2, 0.25) is 0 Å². The van der Waals surface area contributed by atoms with Crippen LogP contribution in [0.5, 0.6) is 0 Å². The van der Waals surface area contributed by atoms with Crippen LogP contribution in [0.3, 0.4) is 0 Å². The lowest BCUT2D eigenvalue weighted by Gasteiger charge is -2.22. The van der Waals surface area contributed by atoms with Gasteiger partial charge in [0.1, 0.15) is 0 Å². The fraction of sp³-hybridized carbons (Fsp3) is 0.0317. The molecule has 3 nitrogen and oxygen atoms in total. The zero-order valence-corrected chi connectivity index (χ0v) is 37.3. The molecule has 10 aromatic carbocycles. The molecule has 0 N–H and O–H groups in total. The third-order valence-corrected chi connectivity index (χ3v) is 13.4. The number of benzene rings is 10. The van der Waals surface area contributed by atoms with Crippen molar-refractivity contribution in [3.63, 3.8) is 0 Å². The number of halogens is 3. The van der Waals surface area contributed by atoms with Crippen LogP contribution in [-0.4, -0.2) is 9.13 Å². The molecule has 0 aliphatic carbocycles. The second-order valence-electron chi connectivity index (χ2n) is 17.6. The van der Waals surface area contributed by atoms with E-state index in [2.05, 4.69) is 137 Å². The molecule has 0 aliphatic rings. The molecule has 6 heteroatoms. The summed E-state index contributed by atoms with van der Waals surface area (Å²) in [5.41, 5.74) is 13.9. The van der Waals surface area contributed by atoms with Gasteiger partial charge in [0.15, 0.2) is 0 Å². The predicted molar refractivity (Wildman–Crippen MR) is 277 cm³/mol. The SMILES string of the molecule is Cc1cc(-c2c(-n3c4ccc(-c5ccccc5)cc4c4cc(-c5ccccc5)ccc43)cc(C#N)cc2-n2c3ccc(-c4ccccc4)cc3c3cc(-c4ccccc4)ccc32)cc(C(F)(F)F)c1. The molecule has 0 fully saturated rings.